The zero-order chi connectivity index (χ0) is 18.6. The Balaban J connectivity index is 0.00000364. The van der Waals surface area contributed by atoms with E-state index < -0.39 is 0 Å². The Labute approximate surface area is 182 Å². The monoisotopic (exact) mass is 504 g/mol. The van der Waals surface area contributed by atoms with Gasteiger partial charge in [-0.25, -0.2) is 4.98 Å². The molecule has 0 bridgehead atoms. The van der Waals surface area contributed by atoms with Crippen molar-refractivity contribution in [3.63, 3.8) is 0 Å². The molecule has 0 spiro atoms. The lowest BCUT2D eigenvalue weighted by Crippen LogP contribution is -2.38. The van der Waals surface area contributed by atoms with E-state index in [1.165, 1.54) is 4.88 Å². The molecule has 1 aromatic carbocycles. The van der Waals surface area contributed by atoms with Crippen molar-refractivity contribution in [3.8, 4) is 11.5 Å². The fourth-order valence-electron chi connectivity index (χ4n) is 2.28. The average Bonchev–Trinajstić information content (AvgIpc) is 3.06. The van der Waals surface area contributed by atoms with Crippen LogP contribution in [0.3, 0.4) is 0 Å². The molecule has 0 amide bonds. The maximum absolute atomic E-state index is 5.73. The van der Waals surface area contributed by atoms with Gasteiger partial charge in [-0.05, 0) is 26.0 Å². The van der Waals surface area contributed by atoms with E-state index in [0.717, 1.165) is 48.4 Å². The highest BCUT2D eigenvalue weighted by Gasteiger charge is 2.01. The maximum atomic E-state index is 5.73. The molecule has 0 unspecified atom stereocenters. The number of nitrogens with zero attached hydrogens (tertiary/aromatic N) is 2. The lowest BCUT2D eigenvalue weighted by molar-refractivity contribution is 0.311. The molecule has 0 aliphatic heterocycles. The number of thiazole rings is 1. The normalized spacial score (nSPS) is 10.9. The Hall–Kier alpha value is -1.55. The van der Waals surface area contributed by atoms with Crippen LogP contribution in [-0.4, -0.2) is 44.3 Å². The van der Waals surface area contributed by atoms with Crippen molar-refractivity contribution in [2.24, 2.45) is 4.99 Å². The Morgan fingerprint density at radius 1 is 1.26 bits per heavy atom. The van der Waals surface area contributed by atoms with Crippen molar-refractivity contribution in [1.82, 2.24) is 15.6 Å². The lowest BCUT2D eigenvalue weighted by Gasteiger charge is -2.11. The van der Waals surface area contributed by atoms with Crippen LogP contribution in [0, 0.1) is 6.92 Å². The van der Waals surface area contributed by atoms with Crippen LogP contribution in [0.4, 0.5) is 0 Å². The number of nitrogens with one attached hydrogen (secondary N) is 2. The van der Waals surface area contributed by atoms with Crippen molar-refractivity contribution in [2.75, 3.05) is 33.4 Å². The summed E-state index contributed by atoms with van der Waals surface area (Å²) in [7, 11) is 1.65. The molecule has 6 nitrogen and oxygen atoms in total. The highest BCUT2D eigenvalue weighted by atomic mass is 127. The fourth-order valence-corrected chi connectivity index (χ4v) is 3.07. The van der Waals surface area contributed by atoms with Gasteiger partial charge in [-0.1, -0.05) is 6.07 Å². The standard InChI is InChI=1S/C19H28N4O2S.HI/c1-4-20-19(22-11-9-18-23-14-15(2)26-18)21-10-6-12-25-17-8-5-7-16(13-17)24-3;/h5,7-8,13-14H,4,6,9-12H2,1-3H3,(H2,20,21,22);1H. The van der Waals surface area contributed by atoms with Gasteiger partial charge in [0.05, 0.1) is 18.7 Å². The van der Waals surface area contributed by atoms with E-state index in [1.807, 2.05) is 30.5 Å². The van der Waals surface area contributed by atoms with Gasteiger partial charge in [-0.2, -0.15) is 0 Å². The van der Waals surface area contributed by atoms with Gasteiger partial charge in [-0.3, -0.25) is 4.99 Å². The molecule has 0 saturated carbocycles. The van der Waals surface area contributed by atoms with E-state index >= 15 is 0 Å². The molecule has 27 heavy (non-hydrogen) atoms. The van der Waals surface area contributed by atoms with Gasteiger partial charge in [0.15, 0.2) is 5.96 Å². The van der Waals surface area contributed by atoms with Crippen LogP contribution in [0.25, 0.3) is 0 Å². The number of aliphatic imine (C=N–C) groups is 1. The number of hydrogen-bond donors (Lipinski definition) is 2. The summed E-state index contributed by atoms with van der Waals surface area (Å²) < 4.78 is 10.9. The second kappa shape index (κ2) is 13.6. The third-order valence-electron chi connectivity index (χ3n) is 3.53. The van der Waals surface area contributed by atoms with Crippen LogP contribution in [0.2, 0.25) is 0 Å². The summed E-state index contributed by atoms with van der Waals surface area (Å²) >= 11 is 1.74. The minimum atomic E-state index is 0. The highest BCUT2D eigenvalue weighted by molar-refractivity contribution is 14.0. The molecule has 1 heterocycles. The Kier molecular flexibility index (Phi) is 11.8. The first-order chi connectivity index (χ1) is 12.7. The molecule has 0 aliphatic carbocycles. The van der Waals surface area contributed by atoms with Gasteiger partial charge < -0.3 is 20.1 Å². The van der Waals surface area contributed by atoms with Gasteiger partial charge in [0, 0.05) is 49.6 Å². The average molecular weight is 504 g/mol. The van der Waals surface area contributed by atoms with E-state index in [2.05, 4.69) is 34.5 Å². The predicted octanol–water partition coefficient (Wildman–Crippen LogP) is 3.64. The minimum Gasteiger partial charge on any atom is -0.497 e. The Morgan fingerprint density at radius 3 is 2.78 bits per heavy atom. The van der Waals surface area contributed by atoms with Crippen molar-refractivity contribution in [2.45, 2.75) is 26.7 Å². The fraction of sp³-hybridized carbons (Fsp3) is 0.474. The Bertz CT molecular complexity index is 694. The number of rotatable bonds is 10. The molecule has 0 saturated heterocycles. The molecule has 0 aliphatic rings. The molecule has 0 radical (unpaired) electrons. The van der Waals surface area contributed by atoms with Crippen LogP contribution in [0.1, 0.15) is 23.2 Å². The van der Waals surface area contributed by atoms with Crippen LogP contribution in [-0.2, 0) is 6.42 Å². The lowest BCUT2D eigenvalue weighted by atomic mass is 10.3. The summed E-state index contributed by atoms with van der Waals surface area (Å²) in [5.74, 6) is 2.45. The molecule has 0 fully saturated rings. The van der Waals surface area contributed by atoms with Crippen molar-refractivity contribution in [3.05, 3.63) is 40.3 Å². The zero-order valence-corrected chi connectivity index (χ0v) is 19.3. The third kappa shape index (κ3) is 9.28. The van der Waals surface area contributed by atoms with Gasteiger partial charge >= 0.3 is 0 Å². The van der Waals surface area contributed by atoms with Crippen LogP contribution in [0.5, 0.6) is 11.5 Å². The van der Waals surface area contributed by atoms with Gasteiger partial charge in [-0.15, -0.1) is 35.3 Å². The van der Waals surface area contributed by atoms with E-state index in [1.54, 1.807) is 18.4 Å². The smallest absolute Gasteiger partial charge is 0.191 e. The second-order valence-corrected chi connectivity index (χ2v) is 7.00. The number of halogens is 1. The maximum Gasteiger partial charge on any atom is 0.191 e. The van der Waals surface area contributed by atoms with Crippen molar-refractivity contribution >= 4 is 41.3 Å². The highest BCUT2D eigenvalue weighted by Crippen LogP contribution is 2.18. The second-order valence-electron chi connectivity index (χ2n) is 5.68. The first kappa shape index (κ1) is 23.5. The molecule has 150 valence electrons. The number of aromatic nitrogens is 1. The summed E-state index contributed by atoms with van der Waals surface area (Å²) in [4.78, 5) is 10.2. The van der Waals surface area contributed by atoms with E-state index in [4.69, 9.17) is 9.47 Å². The molecular formula is C19H29IN4O2S. The largest absolute Gasteiger partial charge is 0.497 e. The first-order valence-corrected chi connectivity index (χ1v) is 9.73. The number of methoxy groups -OCH3 is 1. The molecule has 8 heteroatoms. The molecule has 2 N–H and O–H groups in total. The van der Waals surface area contributed by atoms with E-state index in [-0.39, 0.29) is 24.0 Å². The number of guanidine groups is 1. The molecule has 2 aromatic rings. The van der Waals surface area contributed by atoms with Gasteiger partial charge in [0.1, 0.15) is 11.5 Å². The topological polar surface area (TPSA) is 67.8 Å². The van der Waals surface area contributed by atoms with Crippen LogP contribution >= 0.6 is 35.3 Å². The van der Waals surface area contributed by atoms with Gasteiger partial charge in [0.2, 0.25) is 0 Å². The quantitative estimate of drug-likeness (QED) is 0.224. The molecule has 2 rings (SSSR count). The first-order valence-electron chi connectivity index (χ1n) is 8.91. The minimum absolute atomic E-state index is 0. The molecule has 1 aromatic heterocycles. The number of hydrogen-bond acceptors (Lipinski definition) is 5. The summed E-state index contributed by atoms with van der Waals surface area (Å²) in [6, 6.07) is 7.63. The molecule has 0 atom stereocenters. The van der Waals surface area contributed by atoms with Gasteiger partial charge in [0.25, 0.3) is 0 Å². The van der Waals surface area contributed by atoms with Crippen molar-refractivity contribution in [1.29, 1.82) is 0 Å². The number of benzene rings is 1. The summed E-state index contributed by atoms with van der Waals surface area (Å²) in [5.41, 5.74) is 0. The summed E-state index contributed by atoms with van der Waals surface area (Å²) in [6.07, 6.45) is 3.67. The predicted molar refractivity (Wildman–Crippen MR) is 123 cm³/mol. The third-order valence-corrected chi connectivity index (χ3v) is 4.50. The number of aryl methyl sites for hydroxylation is 1. The zero-order valence-electron chi connectivity index (χ0n) is 16.2. The summed E-state index contributed by atoms with van der Waals surface area (Å²) in [5, 5.41) is 7.76. The van der Waals surface area contributed by atoms with E-state index in [0.29, 0.717) is 13.2 Å². The molecular weight excluding hydrogens is 475 g/mol. The Morgan fingerprint density at radius 2 is 2.07 bits per heavy atom. The van der Waals surface area contributed by atoms with Crippen LogP contribution in [0.15, 0.2) is 35.5 Å². The van der Waals surface area contributed by atoms with E-state index in [9.17, 15) is 0 Å². The number of ether oxygens (including phenoxy) is 2. The van der Waals surface area contributed by atoms with Crippen LogP contribution < -0.4 is 20.1 Å². The summed E-state index contributed by atoms with van der Waals surface area (Å²) in [6.45, 7) is 7.12. The SMILES string of the molecule is CCNC(=NCCCOc1cccc(OC)c1)NCCc1ncc(C)s1.I. The van der Waals surface area contributed by atoms with Crippen molar-refractivity contribution < 1.29 is 9.47 Å².